The Bertz CT molecular complexity index is 410. The monoisotopic (exact) mass is 271 g/mol. The van der Waals surface area contributed by atoms with Gasteiger partial charge in [-0.1, -0.05) is 50.5 Å². The molecule has 0 radical (unpaired) electrons. The van der Waals surface area contributed by atoms with Crippen LogP contribution in [0.3, 0.4) is 0 Å². The molecule has 1 N–H and O–H groups in total. The van der Waals surface area contributed by atoms with Gasteiger partial charge < -0.3 is 5.32 Å². The van der Waals surface area contributed by atoms with Crippen LogP contribution in [0.1, 0.15) is 75.0 Å². The first-order chi connectivity index (χ1) is 9.78. The van der Waals surface area contributed by atoms with Crippen molar-refractivity contribution in [1.82, 2.24) is 5.32 Å². The number of benzene rings is 1. The highest BCUT2D eigenvalue weighted by Crippen LogP contribution is 2.39. The molecular weight excluding hydrogens is 242 g/mol. The number of rotatable bonds is 4. The fourth-order valence-corrected chi connectivity index (χ4v) is 4.01. The number of nitrogens with one attached hydrogen (secondary N) is 1. The second-order valence-electron chi connectivity index (χ2n) is 7.08. The summed E-state index contributed by atoms with van der Waals surface area (Å²) in [6.07, 6.45) is 9.80. The Morgan fingerprint density at radius 3 is 2.10 bits per heavy atom. The summed E-state index contributed by atoms with van der Waals surface area (Å²) in [4.78, 5) is 0. The molecule has 0 aromatic heterocycles. The zero-order valence-corrected chi connectivity index (χ0v) is 13.1. The molecule has 0 bridgehead atoms. The summed E-state index contributed by atoms with van der Waals surface area (Å²) in [6.45, 7) is 2.40. The Morgan fingerprint density at radius 2 is 1.60 bits per heavy atom. The van der Waals surface area contributed by atoms with Crippen LogP contribution in [-0.4, -0.2) is 7.05 Å². The van der Waals surface area contributed by atoms with Gasteiger partial charge in [-0.15, -0.1) is 0 Å². The van der Waals surface area contributed by atoms with Gasteiger partial charge in [0.1, 0.15) is 0 Å². The maximum atomic E-state index is 3.58. The van der Waals surface area contributed by atoms with Gasteiger partial charge in [0.25, 0.3) is 0 Å². The van der Waals surface area contributed by atoms with E-state index in [9.17, 15) is 0 Å². The van der Waals surface area contributed by atoms with E-state index in [0.717, 1.165) is 17.8 Å². The van der Waals surface area contributed by atoms with E-state index in [0.29, 0.717) is 6.04 Å². The maximum Gasteiger partial charge on any atom is 0.0346 e. The first-order valence-corrected chi connectivity index (χ1v) is 8.55. The standard InChI is InChI=1S/C19H29N/c1-14-6-8-17(9-7-14)19(20-2)18-12-10-16(11-13-18)15-4-3-5-15/h10-15,17,19-20H,3-9H2,1-2H3. The Hall–Kier alpha value is -0.820. The number of hydrogen-bond donors (Lipinski definition) is 1. The summed E-state index contributed by atoms with van der Waals surface area (Å²) >= 11 is 0. The minimum absolute atomic E-state index is 0.554. The first kappa shape index (κ1) is 14.1. The Balaban J connectivity index is 1.68. The second-order valence-corrected chi connectivity index (χ2v) is 7.08. The fourth-order valence-electron chi connectivity index (χ4n) is 4.01. The van der Waals surface area contributed by atoms with Crippen LogP contribution in [0.25, 0.3) is 0 Å². The highest BCUT2D eigenvalue weighted by Gasteiger charge is 2.26. The molecule has 2 aliphatic carbocycles. The molecule has 1 heteroatoms. The lowest BCUT2D eigenvalue weighted by Gasteiger charge is -2.33. The third kappa shape index (κ3) is 2.93. The van der Waals surface area contributed by atoms with E-state index in [4.69, 9.17) is 0 Å². The van der Waals surface area contributed by atoms with Crippen LogP contribution in [-0.2, 0) is 0 Å². The maximum absolute atomic E-state index is 3.58. The van der Waals surface area contributed by atoms with Gasteiger partial charge in [0.05, 0.1) is 0 Å². The molecule has 0 saturated heterocycles. The zero-order chi connectivity index (χ0) is 13.9. The third-order valence-corrected chi connectivity index (χ3v) is 5.72. The quantitative estimate of drug-likeness (QED) is 0.809. The molecule has 3 rings (SSSR count). The molecule has 2 fully saturated rings. The van der Waals surface area contributed by atoms with E-state index in [2.05, 4.69) is 43.6 Å². The van der Waals surface area contributed by atoms with Crippen molar-refractivity contribution in [1.29, 1.82) is 0 Å². The van der Waals surface area contributed by atoms with Crippen molar-refractivity contribution >= 4 is 0 Å². The Morgan fingerprint density at radius 1 is 0.950 bits per heavy atom. The third-order valence-electron chi connectivity index (χ3n) is 5.72. The van der Waals surface area contributed by atoms with Gasteiger partial charge in [-0.05, 0) is 61.6 Å². The molecule has 0 heterocycles. The van der Waals surface area contributed by atoms with E-state index in [-0.39, 0.29) is 0 Å². The van der Waals surface area contributed by atoms with Crippen LogP contribution >= 0.6 is 0 Å². The van der Waals surface area contributed by atoms with E-state index >= 15 is 0 Å². The molecule has 1 atom stereocenters. The van der Waals surface area contributed by atoms with Crippen molar-refractivity contribution in [3.8, 4) is 0 Å². The minimum Gasteiger partial charge on any atom is -0.313 e. The molecule has 1 nitrogen and oxygen atoms in total. The van der Waals surface area contributed by atoms with Gasteiger partial charge in [-0.3, -0.25) is 0 Å². The van der Waals surface area contributed by atoms with Gasteiger partial charge in [-0.2, -0.15) is 0 Å². The van der Waals surface area contributed by atoms with Gasteiger partial charge in [-0.25, -0.2) is 0 Å². The van der Waals surface area contributed by atoms with Crippen molar-refractivity contribution in [2.75, 3.05) is 7.05 Å². The smallest absolute Gasteiger partial charge is 0.0346 e. The normalized spacial score (nSPS) is 28.9. The van der Waals surface area contributed by atoms with Crippen molar-refractivity contribution in [3.05, 3.63) is 35.4 Å². The van der Waals surface area contributed by atoms with E-state index in [1.807, 2.05) is 0 Å². The molecule has 0 amide bonds. The zero-order valence-electron chi connectivity index (χ0n) is 13.1. The second kappa shape index (κ2) is 6.30. The predicted molar refractivity (Wildman–Crippen MR) is 86.0 cm³/mol. The topological polar surface area (TPSA) is 12.0 Å². The average Bonchev–Trinajstić information content (AvgIpc) is 2.42. The SMILES string of the molecule is CNC(c1ccc(C2CCC2)cc1)C1CCC(C)CC1. The van der Waals surface area contributed by atoms with Gasteiger partial charge in [0.2, 0.25) is 0 Å². The predicted octanol–water partition coefficient (Wildman–Crippen LogP) is 5.04. The number of hydrogen-bond acceptors (Lipinski definition) is 1. The summed E-state index contributed by atoms with van der Waals surface area (Å²) in [7, 11) is 2.13. The summed E-state index contributed by atoms with van der Waals surface area (Å²) in [6, 6.07) is 10.1. The molecule has 1 unspecified atom stereocenters. The molecular formula is C19H29N. The summed E-state index contributed by atoms with van der Waals surface area (Å²) in [5, 5.41) is 3.58. The van der Waals surface area contributed by atoms with E-state index in [1.165, 1.54) is 50.5 Å². The molecule has 2 aliphatic rings. The summed E-state index contributed by atoms with van der Waals surface area (Å²) < 4.78 is 0. The molecule has 110 valence electrons. The van der Waals surface area contributed by atoms with Crippen molar-refractivity contribution < 1.29 is 0 Å². The largest absolute Gasteiger partial charge is 0.313 e. The van der Waals surface area contributed by atoms with Crippen LogP contribution in [0.4, 0.5) is 0 Å². The molecule has 20 heavy (non-hydrogen) atoms. The highest BCUT2D eigenvalue weighted by atomic mass is 14.9. The Kier molecular flexibility index (Phi) is 4.45. The van der Waals surface area contributed by atoms with Crippen molar-refractivity contribution in [2.45, 2.75) is 63.8 Å². The van der Waals surface area contributed by atoms with Crippen molar-refractivity contribution in [3.63, 3.8) is 0 Å². The van der Waals surface area contributed by atoms with Crippen LogP contribution in [0.2, 0.25) is 0 Å². The lowest BCUT2D eigenvalue weighted by atomic mass is 9.76. The fraction of sp³-hybridized carbons (Fsp3) is 0.684. The summed E-state index contributed by atoms with van der Waals surface area (Å²) in [5.74, 6) is 2.61. The lowest BCUT2D eigenvalue weighted by Crippen LogP contribution is -2.28. The van der Waals surface area contributed by atoms with Gasteiger partial charge in [0.15, 0.2) is 0 Å². The summed E-state index contributed by atoms with van der Waals surface area (Å²) in [5.41, 5.74) is 3.06. The Labute approximate surface area is 124 Å². The molecule has 0 spiro atoms. The van der Waals surface area contributed by atoms with Crippen molar-refractivity contribution in [2.24, 2.45) is 11.8 Å². The average molecular weight is 271 g/mol. The van der Waals surface area contributed by atoms with E-state index in [1.54, 1.807) is 5.56 Å². The lowest BCUT2D eigenvalue weighted by molar-refractivity contribution is 0.238. The highest BCUT2D eigenvalue weighted by molar-refractivity contribution is 5.29. The van der Waals surface area contributed by atoms with Gasteiger partial charge in [0, 0.05) is 6.04 Å². The molecule has 1 aromatic rings. The van der Waals surface area contributed by atoms with Crippen LogP contribution < -0.4 is 5.32 Å². The molecule has 2 saturated carbocycles. The molecule has 1 aromatic carbocycles. The van der Waals surface area contributed by atoms with Crippen LogP contribution in [0.5, 0.6) is 0 Å². The van der Waals surface area contributed by atoms with Crippen LogP contribution in [0, 0.1) is 11.8 Å². The minimum atomic E-state index is 0.554. The first-order valence-electron chi connectivity index (χ1n) is 8.55. The molecule has 0 aliphatic heterocycles. The van der Waals surface area contributed by atoms with E-state index < -0.39 is 0 Å². The van der Waals surface area contributed by atoms with Gasteiger partial charge >= 0.3 is 0 Å². The van der Waals surface area contributed by atoms with Crippen LogP contribution in [0.15, 0.2) is 24.3 Å².